The molecule has 2 aromatic rings. The van der Waals surface area contributed by atoms with E-state index in [1.54, 1.807) is 36.6 Å². The van der Waals surface area contributed by atoms with E-state index < -0.39 is 0 Å². The molecule has 2 rings (SSSR count). The van der Waals surface area contributed by atoms with Crippen molar-refractivity contribution in [1.29, 1.82) is 0 Å². The second-order valence-electron chi connectivity index (χ2n) is 3.69. The van der Waals surface area contributed by atoms with Gasteiger partial charge in [-0.25, -0.2) is 4.98 Å². The molecule has 0 fully saturated rings. The largest absolute Gasteiger partial charge is 0.411 e. The number of rotatable bonds is 3. The molecular formula is C12H10ClN3O2S. The molecule has 5 nitrogen and oxygen atoms in total. The highest BCUT2D eigenvalue weighted by atomic mass is 35.5. The van der Waals surface area contributed by atoms with Crippen molar-refractivity contribution in [3.63, 3.8) is 0 Å². The molecule has 1 aromatic heterocycles. The third kappa shape index (κ3) is 3.30. The number of amides is 1. The molecule has 0 aliphatic carbocycles. The summed E-state index contributed by atoms with van der Waals surface area (Å²) in [6.45, 7) is 1.62. The number of nitrogens with one attached hydrogen (secondary N) is 1. The van der Waals surface area contributed by atoms with Gasteiger partial charge in [-0.1, -0.05) is 22.8 Å². The Labute approximate surface area is 118 Å². The number of hydrogen-bond donors (Lipinski definition) is 2. The van der Waals surface area contributed by atoms with Crippen LogP contribution < -0.4 is 5.32 Å². The average Bonchev–Trinajstić information content (AvgIpc) is 2.86. The molecule has 0 saturated carbocycles. The number of aromatic nitrogens is 1. The van der Waals surface area contributed by atoms with E-state index in [1.165, 1.54) is 11.3 Å². The summed E-state index contributed by atoms with van der Waals surface area (Å²) in [6.07, 6.45) is 0. The van der Waals surface area contributed by atoms with Crippen molar-refractivity contribution in [3.05, 3.63) is 45.9 Å². The Morgan fingerprint density at radius 3 is 3.00 bits per heavy atom. The van der Waals surface area contributed by atoms with Crippen LogP contribution in [-0.4, -0.2) is 21.8 Å². The predicted octanol–water partition coefficient (Wildman–Crippen LogP) is 3.25. The average molecular weight is 296 g/mol. The zero-order chi connectivity index (χ0) is 13.8. The number of benzene rings is 1. The smallest absolute Gasteiger partial charge is 0.257 e. The summed E-state index contributed by atoms with van der Waals surface area (Å²) in [6, 6.07) is 6.63. The lowest BCUT2D eigenvalue weighted by molar-refractivity contribution is 0.102. The van der Waals surface area contributed by atoms with E-state index in [0.717, 1.165) is 0 Å². The molecule has 19 heavy (non-hydrogen) atoms. The van der Waals surface area contributed by atoms with Crippen LogP contribution in [0.1, 0.15) is 23.0 Å². The van der Waals surface area contributed by atoms with Crippen LogP contribution in [0.15, 0.2) is 34.8 Å². The lowest BCUT2D eigenvalue weighted by Crippen LogP contribution is -2.11. The van der Waals surface area contributed by atoms with Gasteiger partial charge in [-0.3, -0.25) is 10.1 Å². The van der Waals surface area contributed by atoms with Gasteiger partial charge in [-0.05, 0) is 25.1 Å². The maximum Gasteiger partial charge on any atom is 0.257 e. The fourth-order valence-electron chi connectivity index (χ4n) is 1.35. The molecule has 7 heteroatoms. The van der Waals surface area contributed by atoms with Crippen LogP contribution in [0.25, 0.3) is 0 Å². The van der Waals surface area contributed by atoms with Gasteiger partial charge in [-0.15, -0.1) is 11.3 Å². The highest BCUT2D eigenvalue weighted by molar-refractivity contribution is 7.14. The van der Waals surface area contributed by atoms with Crippen LogP contribution in [0.4, 0.5) is 5.13 Å². The summed E-state index contributed by atoms with van der Waals surface area (Å²) >= 11 is 7.07. The molecule has 0 bridgehead atoms. The minimum absolute atomic E-state index is 0.290. The standard InChI is InChI=1S/C12H10ClN3O2S/c1-7(16-18)10-6-19-12(14-10)15-11(17)8-3-2-4-9(13)5-8/h2-6,18H,1H3,(H,14,15,17). The van der Waals surface area contributed by atoms with E-state index >= 15 is 0 Å². The Kier molecular flexibility index (Phi) is 4.13. The van der Waals surface area contributed by atoms with Gasteiger partial charge in [0.05, 0.1) is 0 Å². The van der Waals surface area contributed by atoms with E-state index in [0.29, 0.717) is 27.1 Å². The Morgan fingerprint density at radius 1 is 1.53 bits per heavy atom. The summed E-state index contributed by atoms with van der Waals surface area (Å²) in [5.74, 6) is -0.290. The zero-order valence-corrected chi connectivity index (χ0v) is 11.5. The predicted molar refractivity (Wildman–Crippen MR) is 75.5 cm³/mol. The number of oxime groups is 1. The summed E-state index contributed by atoms with van der Waals surface area (Å²) in [7, 11) is 0. The van der Waals surface area contributed by atoms with E-state index in [1.807, 2.05) is 0 Å². The van der Waals surface area contributed by atoms with Crippen molar-refractivity contribution in [3.8, 4) is 0 Å². The molecule has 0 spiro atoms. The Bertz CT molecular complexity index is 639. The third-order valence-corrected chi connectivity index (χ3v) is 3.32. The second kappa shape index (κ2) is 5.81. The van der Waals surface area contributed by atoms with Crippen molar-refractivity contribution in [2.24, 2.45) is 5.16 Å². The molecule has 0 unspecified atom stereocenters. The monoisotopic (exact) mass is 295 g/mol. The van der Waals surface area contributed by atoms with E-state index in [9.17, 15) is 4.79 Å². The van der Waals surface area contributed by atoms with Gasteiger partial charge in [0.1, 0.15) is 11.4 Å². The van der Waals surface area contributed by atoms with Gasteiger partial charge >= 0.3 is 0 Å². The lowest BCUT2D eigenvalue weighted by Gasteiger charge is -2.01. The van der Waals surface area contributed by atoms with Gasteiger partial charge in [-0.2, -0.15) is 0 Å². The molecule has 1 amide bonds. The van der Waals surface area contributed by atoms with Crippen LogP contribution in [0, 0.1) is 0 Å². The van der Waals surface area contributed by atoms with E-state index in [2.05, 4.69) is 15.5 Å². The van der Waals surface area contributed by atoms with Crippen molar-refractivity contribution in [2.45, 2.75) is 6.92 Å². The fraction of sp³-hybridized carbons (Fsp3) is 0.0833. The van der Waals surface area contributed by atoms with Gasteiger partial charge in [0.25, 0.3) is 5.91 Å². The first-order chi connectivity index (χ1) is 9.10. The topological polar surface area (TPSA) is 74.6 Å². The maximum atomic E-state index is 11.9. The lowest BCUT2D eigenvalue weighted by atomic mass is 10.2. The Balaban J connectivity index is 2.13. The van der Waals surface area contributed by atoms with Gasteiger partial charge in [0, 0.05) is 16.0 Å². The van der Waals surface area contributed by atoms with Crippen molar-refractivity contribution < 1.29 is 10.0 Å². The number of halogens is 1. The Morgan fingerprint density at radius 2 is 2.32 bits per heavy atom. The summed E-state index contributed by atoms with van der Waals surface area (Å²) < 4.78 is 0. The minimum atomic E-state index is -0.290. The molecule has 1 aromatic carbocycles. The van der Waals surface area contributed by atoms with Crippen LogP contribution in [0.3, 0.4) is 0 Å². The Hall–Kier alpha value is -1.92. The van der Waals surface area contributed by atoms with Gasteiger partial charge < -0.3 is 5.21 Å². The number of hydrogen-bond acceptors (Lipinski definition) is 5. The van der Waals surface area contributed by atoms with Crippen LogP contribution in [-0.2, 0) is 0 Å². The number of carbonyl (C=O) groups excluding carboxylic acids is 1. The van der Waals surface area contributed by atoms with Gasteiger partial charge in [0.2, 0.25) is 0 Å². The highest BCUT2D eigenvalue weighted by Crippen LogP contribution is 2.18. The molecule has 98 valence electrons. The molecule has 0 aliphatic heterocycles. The van der Waals surface area contributed by atoms with Crippen molar-refractivity contribution in [1.82, 2.24) is 4.98 Å². The number of thiazole rings is 1. The first-order valence-electron chi connectivity index (χ1n) is 5.31. The minimum Gasteiger partial charge on any atom is -0.411 e. The van der Waals surface area contributed by atoms with E-state index in [-0.39, 0.29) is 5.91 Å². The van der Waals surface area contributed by atoms with Crippen molar-refractivity contribution >= 4 is 39.7 Å². The molecule has 0 saturated heterocycles. The first-order valence-corrected chi connectivity index (χ1v) is 6.57. The number of carbonyl (C=O) groups is 1. The van der Waals surface area contributed by atoms with E-state index in [4.69, 9.17) is 16.8 Å². The molecule has 2 N–H and O–H groups in total. The molecule has 0 radical (unpaired) electrons. The fourth-order valence-corrected chi connectivity index (χ4v) is 2.29. The maximum absolute atomic E-state index is 11.9. The normalized spacial score (nSPS) is 11.4. The van der Waals surface area contributed by atoms with Gasteiger partial charge in [0.15, 0.2) is 5.13 Å². The number of anilines is 1. The second-order valence-corrected chi connectivity index (χ2v) is 4.98. The summed E-state index contributed by atoms with van der Waals surface area (Å²) in [4.78, 5) is 16.1. The molecule has 0 atom stereocenters. The third-order valence-electron chi connectivity index (χ3n) is 2.33. The summed E-state index contributed by atoms with van der Waals surface area (Å²) in [5, 5.41) is 17.0. The quantitative estimate of drug-likeness (QED) is 0.518. The SMILES string of the molecule is CC(=NO)c1csc(NC(=O)c2cccc(Cl)c2)n1. The van der Waals surface area contributed by atoms with Crippen LogP contribution >= 0.6 is 22.9 Å². The first kappa shape index (κ1) is 13.5. The zero-order valence-electron chi connectivity index (χ0n) is 9.92. The van der Waals surface area contributed by atoms with Crippen LogP contribution in [0.2, 0.25) is 5.02 Å². The molecule has 1 heterocycles. The van der Waals surface area contributed by atoms with Crippen molar-refractivity contribution in [2.75, 3.05) is 5.32 Å². The number of nitrogens with zero attached hydrogens (tertiary/aromatic N) is 2. The summed E-state index contributed by atoms with van der Waals surface area (Å²) in [5.41, 5.74) is 1.37. The molecule has 0 aliphatic rings. The van der Waals surface area contributed by atoms with Crippen LogP contribution in [0.5, 0.6) is 0 Å². The molecular weight excluding hydrogens is 286 g/mol. The highest BCUT2D eigenvalue weighted by Gasteiger charge is 2.10.